The van der Waals surface area contributed by atoms with Crippen LogP contribution in [0, 0.1) is 5.92 Å². The lowest BCUT2D eigenvalue weighted by atomic mass is 9.84. The van der Waals surface area contributed by atoms with Gasteiger partial charge in [-0.15, -0.1) is 0 Å². The van der Waals surface area contributed by atoms with E-state index in [1.807, 2.05) is 12.1 Å². The van der Waals surface area contributed by atoms with Gasteiger partial charge in [0.1, 0.15) is 5.75 Å². The second-order valence-corrected chi connectivity index (χ2v) is 9.41. The van der Waals surface area contributed by atoms with E-state index in [9.17, 15) is 10.2 Å². The number of rotatable bonds is 5. The minimum absolute atomic E-state index is 0.0784. The first kappa shape index (κ1) is 20.9. The highest BCUT2D eigenvalue weighted by Gasteiger charge is 2.27. The normalized spacial score (nSPS) is 18.8. The molecule has 0 aliphatic carbocycles. The van der Waals surface area contributed by atoms with Crippen molar-refractivity contribution in [2.24, 2.45) is 5.92 Å². The highest BCUT2D eigenvalue weighted by molar-refractivity contribution is 5.29. The van der Waals surface area contributed by atoms with Crippen LogP contribution in [0.1, 0.15) is 63.3 Å². The van der Waals surface area contributed by atoms with Crippen molar-refractivity contribution in [3.05, 3.63) is 65.2 Å². The Morgan fingerprint density at radius 3 is 2.29 bits per heavy atom. The monoisotopic (exact) mass is 381 g/mol. The van der Waals surface area contributed by atoms with Crippen molar-refractivity contribution in [2.45, 2.75) is 64.5 Å². The van der Waals surface area contributed by atoms with Crippen LogP contribution in [-0.4, -0.2) is 34.2 Å². The maximum absolute atomic E-state index is 10.7. The molecule has 0 amide bonds. The largest absolute Gasteiger partial charge is 0.508 e. The molecule has 2 atom stereocenters. The number of aliphatic hydroxyl groups is 1. The zero-order chi connectivity index (χ0) is 20.3. The molecule has 2 aromatic carbocycles. The number of hydrogen-bond acceptors (Lipinski definition) is 3. The molecule has 28 heavy (non-hydrogen) atoms. The summed E-state index contributed by atoms with van der Waals surface area (Å²) in [5.74, 6) is 0.949. The SMILES string of the molecule is CC(C(O)c1ccc(O)cc1)N1CCC(Cc2cccc(C(C)(C)C)c2)CC1. The van der Waals surface area contributed by atoms with Gasteiger partial charge in [-0.25, -0.2) is 0 Å². The van der Waals surface area contributed by atoms with Gasteiger partial charge in [-0.2, -0.15) is 0 Å². The van der Waals surface area contributed by atoms with Gasteiger partial charge in [-0.1, -0.05) is 57.2 Å². The van der Waals surface area contributed by atoms with E-state index in [-0.39, 0.29) is 17.2 Å². The Morgan fingerprint density at radius 2 is 1.68 bits per heavy atom. The summed E-state index contributed by atoms with van der Waals surface area (Å²) in [4.78, 5) is 2.40. The van der Waals surface area contributed by atoms with Gasteiger partial charge in [-0.3, -0.25) is 4.90 Å². The Kier molecular flexibility index (Phi) is 6.47. The molecule has 3 rings (SSSR count). The van der Waals surface area contributed by atoms with Crippen molar-refractivity contribution in [1.29, 1.82) is 0 Å². The van der Waals surface area contributed by atoms with Gasteiger partial charge in [0.25, 0.3) is 0 Å². The van der Waals surface area contributed by atoms with E-state index < -0.39 is 6.10 Å². The van der Waals surface area contributed by atoms with Crippen LogP contribution in [0.25, 0.3) is 0 Å². The predicted molar refractivity (Wildman–Crippen MR) is 116 cm³/mol. The van der Waals surface area contributed by atoms with Gasteiger partial charge >= 0.3 is 0 Å². The van der Waals surface area contributed by atoms with Crippen LogP contribution in [-0.2, 0) is 11.8 Å². The van der Waals surface area contributed by atoms with Crippen LogP contribution >= 0.6 is 0 Å². The quantitative estimate of drug-likeness (QED) is 0.760. The number of benzene rings is 2. The minimum Gasteiger partial charge on any atom is -0.508 e. The zero-order valence-corrected chi connectivity index (χ0v) is 17.7. The first-order chi connectivity index (χ1) is 13.2. The molecule has 3 nitrogen and oxygen atoms in total. The van der Waals surface area contributed by atoms with Crippen LogP contribution < -0.4 is 0 Å². The van der Waals surface area contributed by atoms with Gasteiger partial charge in [0.15, 0.2) is 0 Å². The van der Waals surface area contributed by atoms with Gasteiger partial charge in [-0.05, 0) is 79.4 Å². The first-order valence-electron chi connectivity index (χ1n) is 10.5. The lowest BCUT2D eigenvalue weighted by molar-refractivity contribution is 0.0373. The molecule has 1 saturated heterocycles. The molecule has 1 aliphatic heterocycles. The Labute approximate surface area is 170 Å². The van der Waals surface area contributed by atoms with Crippen molar-refractivity contribution in [1.82, 2.24) is 4.90 Å². The zero-order valence-electron chi connectivity index (χ0n) is 17.7. The molecule has 0 aromatic heterocycles. The standard InChI is InChI=1S/C25H35NO2/c1-18(24(28)21-8-10-23(27)11-9-21)26-14-12-19(13-15-26)16-20-6-5-7-22(17-20)25(2,3)4/h5-11,17-19,24,27-28H,12-16H2,1-4H3. The molecule has 152 valence electrons. The van der Waals surface area contributed by atoms with E-state index in [0.29, 0.717) is 5.92 Å². The predicted octanol–water partition coefficient (Wildman–Crippen LogP) is 5.07. The van der Waals surface area contributed by atoms with E-state index in [4.69, 9.17) is 0 Å². The number of phenolic OH excluding ortho intramolecular Hbond substituents is 1. The minimum atomic E-state index is -0.527. The topological polar surface area (TPSA) is 43.7 Å². The number of nitrogens with zero attached hydrogens (tertiary/aromatic N) is 1. The molecule has 1 aliphatic rings. The summed E-state index contributed by atoms with van der Waals surface area (Å²) in [6.45, 7) is 11.0. The van der Waals surface area contributed by atoms with Crippen LogP contribution in [0.4, 0.5) is 0 Å². The van der Waals surface area contributed by atoms with Crippen LogP contribution in [0.15, 0.2) is 48.5 Å². The van der Waals surface area contributed by atoms with Crippen LogP contribution in [0.5, 0.6) is 5.75 Å². The summed E-state index contributed by atoms with van der Waals surface area (Å²) in [5, 5.41) is 20.2. The Hall–Kier alpha value is -1.84. The van der Waals surface area contributed by atoms with Crippen molar-refractivity contribution >= 4 is 0 Å². The molecule has 0 bridgehead atoms. The van der Waals surface area contributed by atoms with Gasteiger partial charge in [0, 0.05) is 6.04 Å². The van der Waals surface area contributed by atoms with E-state index in [1.165, 1.54) is 24.0 Å². The van der Waals surface area contributed by atoms with Crippen LogP contribution in [0.2, 0.25) is 0 Å². The fraction of sp³-hybridized carbons (Fsp3) is 0.520. The number of likely N-dealkylation sites (tertiary alicyclic amines) is 1. The molecule has 0 radical (unpaired) electrons. The fourth-order valence-electron chi connectivity index (χ4n) is 4.21. The average molecular weight is 382 g/mol. The summed E-state index contributed by atoms with van der Waals surface area (Å²) in [7, 11) is 0. The summed E-state index contributed by atoms with van der Waals surface area (Å²) in [5.41, 5.74) is 3.92. The van der Waals surface area contributed by atoms with Gasteiger partial charge in [0.2, 0.25) is 0 Å². The van der Waals surface area contributed by atoms with Crippen molar-refractivity contribution in [3.8, 4) is 5.75 Å². The van der Waals surface area contributed by atoms with Crippen molar-refractivity contribution in [3.63, 3.8) is 0 Å². The molecule has 3 heteroatoms. The summed E-state index contributed by atoms with van der Waals surface area (Å²) < 4.78 is 0. The van der Waals surface area contributed by atoms with Gasteiger partial charge in [0.05, 0.1) is 6.10 Å². The molecule has 0 saturated carbocycles. The highest BCUT2D eigenvalue weighted by atomic mass is 16.3. The smallest absolute Gasteiger partial charge is 0.115 e. The fourth-order valence-corrected chi connectivity index (χ4v) is 4.21. The summed E-state index contributed by atoms with van der Waals surface area (Å²) in [6.07, 6.45) is 2.96. The third-order valence-electron chi connectivity index (χ3n) is 6.23. The molecular formula is C25H35NO2. The number of aliphatic hydroxyl groups excluding tert-OH is 1. The molecular weight excluding hydrogens is 346 g/mol. The maximum Gasteiger partial charge on any atom is 0.115 e. The molecule has 1 fully saturated rings. The third kappa shape index (κ3) is 5.15. The molecule has 2 unspecified atom stereocenters. The Balaban J connectivity index is 1.55. The van der Waals surface area contributed by atoms with E-state index in [0.717, 1.165) is 25.1 Å². The Bertz CT molecular complexity index is 755. The molecule has 2 N–H and O–H groups in total. The van der Waals surface area contributed by atoms with E-state index in [1.54, 1.807) is 12.1 Å². The second-order valence-electron chi connectivity index (χ2n) is 9.41. The number of phenols is 1. The average Bonchev–Trinajstić information content (AvgIpc) is 2.68. The second kappa shape index (κ2) is 8.67. The van der Waals surface area contributed by atoms with E-state index >= 15 is 0 Å². The lowest BCUT2D eigenvalue weighted by Gasteiger charge is -2.38. The summed E-state index contributed by atoms with van der Waals surface area (Å²) in [6, 6.07) is 16.1. The summed E-state index contributed by atoms with van der Waals surface area (Å²) >= 11 is 0. The van der Waals surface area contributed by atoms with Crippen molar-refractivity contribution < 1.29 is 10.2 Å². The van der Waals surface area contributed by atoms with Gasteiger partial charge < -0.3 is 10.2 Å². The number of piperidine rings is 1. The van der Waals surface area contributed by atoms with Crippen LogP contribution in [0.3, 0.4) is 0 Å². The third-order valence-corrected chi connectivity index (χ3v) is 6.23. The molecule has 2 aromatic rings. The van der Waals surface area contributed by atoms with Crippen molar-refractivity contribution in [2.75, 3.05) is 13.1 Å². The molecule has 1 heterocycles. The Morgan fingerprint density at radius 1 is 1.04 bits per heavy atom. The highest BCUT2D eigenvalue weighted by Crippen LogP contribution is 2.29. The number of hydrogen-bond donors (Lipinski definition) is 2. The first-order valence-corrected chi connectivity index (χ1v) is 10.5. The number of aromatic hydroxyl groups is 1. The lowest BCUT2D eigenvalue weighted by Crippen LogP contribution is -2.43. The maximum atomic E-state index is 10.7. The molecule has 0 spiro atoms. The van der Waals surface area contributed by atoms with E-state index in [2.05, 4.69) is 56.9 Å².